The zero-order valence-corrected chi connectivity index (χ0v) is 9.19. The summed E-state index contributed by atoms with van der Waals surface area (Å²) in [5.74, 6) is -0.935. The third-order valence-electron chi connectivity index (χ3n) is 0.713. The quantitative estimate of drug-likeness (QED) is 0.492. The lowest BCUT2D eigenvalue weighted by molar-refractivity contribution is -0.132. The van der Waals surface area contributed by atoms with Crippen molar-refractivity contribution in [1.82, 2.24) is 0 Å². The molecule has 3 N–H and O–H groups in total. The summed E-state index contributed by atoms with van der Waals surface area (Å²) in [7, 11) is -4.22. The van der Waals surface area contributed by atoms with Crippen molar-refractivity contribution in [1.29, 1.82) is 0 Å². The fraction of sp³-hybridized carbons (Fsp3) is 0.571. The average molecular weight is 226 g/mol. The van der Waals surface area contributed by atoms with Crippen LogP contribution < -0.4 is 0 Å². The summed E-state index contributed by atoms with van der Waals surface area (Å²) in [6.45, 7) is 7.71. The molecular weight excluding hydrogens is 211 g/mol. The van der Waals surface area contributed by atoms with E-state index in [0.29, 0.717) is 0 Å². The number of phosphoric ester groups is 1. The maximum Gasteiger partial charge on any atom is 0.469 e. The molecule has 0 radical (unpaired) electrons. The van der Waals surface area contributed by atoms with Crippen LogP contribution in [0.4, 0.5) is 0 Å². The molecule has 0 aliphatic rings. The predicted octanol–water partition coefficient (Wildman–Crippen LogP) is 1.15. The minimum absolute atomic E-state index is 0.176. The van der Waals surface area contributed by atoms with Crippen molar-refractivity contribution >= 4 is 13.8 Å². The molecule has 0 spiro atoms. The van der Waals surface area contributed by atoms with E-state index in [1.807, 2.05) is 0 Å². The van der Waals surface area contributed by atoms with Crippen molar-refractivity contribution in [3.8, 4) is 0 Å². The first-order valence-electron chi connectivity index (χ1n) is 3.69. The van der Waals surface area contributed by atoms with Gasteiger partial charge in [-0.05, 0) is 20.8 Å². The zero-order valence-electron chi connectivity index (χ0n) is 8.30. The van der Waals surface area contributed by atoms with E-state index in [1.165, 1.54) is 6.92 Å². The minimum atomic E-state index is -4.22. The van der Waals surface area contributed by atoms with Gasteiger partial charge >= 0.3 is 13.8 Å². The lowest BCUT2D eigenvalue weighted by Crippen LogP contribution is -1.98. The topological polar surface area (TPSA) is 104 Å². The van der Waals surface area contributed by atoms with Gasteiger partial charge in [0.05, 0.1) is 6.10 Å². The summed E-state index contributed by atoms with van der Waals surface area (Å²) in [5.41, 5.74) is 0.176. The van der Waals surface area contributed by atoms with Gasteiger partial charge in [-0.2, -0.15) is 0 Å². The van der Waals surface area contributed by atoms with Crippen LogP contribution in [-0.2, 0) is 13.9 Å². The van der Waals surface area contributed by atoms with Gasteiger partial charge < -0.3 is 14.9 Å². The largest absolute Gasteiger partial charge is 0.478 e. The van der Waals surface area contributed by atoms with Crippen LogP contribution in [0.5, 0.6) is 0 Å². The Hall–Kier alpha value is -0.680. The summed E-state index contributed by atoms with van der Waals surface area (Å²) < 4.78 is 14.0. The van der Waals surface area contributed by atoms with E-state index in [9.17, 15) is 9.36 Å². The van der Waals surface area contributed by atoms with Crippen LogP contribution in [0.1, 0.15) is 20.8 Å². The molecule has 0 amide bonds. The highest BCUT2D eigenvalue weighted by Gasteiger charge is 2.14. The smallest absolute Gasteiger partial charge is 0.469 e. The number of carbonyl (C=O) groups is 1. The number of carboxylic acids is 1. The van der Waals surface area contributed by atoms with Crippen molar-refractivity contribution in [2.75, 3.05) is 0 Å². The normalized spacial score (nSPS) is 10.4. The number of carboxylic acid groups (broad SMARTS) is 1. The van der Waals surface area contributed by atoms with Gasteiger partial charge in [-0.15, -0.1) is 0 Å². The van der Waals surface area contributed by atoms with E-state index < -0.39 is 19.9 Å². The summed E-state index contributed by atoms with van der Waals surface area (Å²) in [5, 5.41) is 7.89. The van der Waals surface area contributed by atoms with E-state index in [0.717, 1.165) is 0 Å². The van der Waals surface area contributed by atoms with Crippen molar-refractivity contribution in [3.63, 3.8) is 0 Å². The second-order valence-electron chi connectivity index (χ2n) is 2.73. The van der Waals surface area contributed by atoms with Crippen LogP contribution in [0, 0.1) is 0 Å². The standard InChI is InChI=1S/C4H6O2.C3H9O4P/c1-3(2)4(5)6;1-3(2)7-8(4,5)6/h1H2,2H3,(H,5,6);3H,1-2H3,(H2,4,5,6). The molecule has 84 valence electrons. The molecule has 0 aliphatic heterocycles. The van der Waals surface area contributed by atoms with Crippen LogP contribution in [0.2, 0.25) is 0 Å². The molecule has 7 heteroatoms. The monoisotopic (exact) mass is 226 g/mol. The fourth-order valence-electron chi connectivity index (χ4n) is 0.275. The Balaban J connectivity index is 0. The van der Waals surface area contributed by atoms with E-state index in [4.69, 9.17) is 14.9 Å². The molecule has 0 aromatic rings. The molecule has 0 aromatic carbocycles. The van der Waals surface area contributed by atoms with E-state index in [2.05, 4.69) is 11.1 Å². The SMILES string of the molecule is C=C(C)C(=O)O.CC(C)OP(=O)(O)O. The lowest BCUT2D eigenvalue weighted by atomic mass is 10.4. The second-order valence-corrected chi connectivity index (χ2v) is 3.92. The van der Waals surface area contributed by atoms with Gasteiger partial charge in [0.2, 0.25) is 0 Å². The van der Waals surface area contributed by atoms with Crippen molar-refractivity contribution in [2.45, 2.75) is 26.9 Å². The van der Waals surface area contributed by atoms with Crippen molar-refractivity contribution in [2.24, 2.45) is 0 Å². The van der Waals surface area contributed by atoms with E-state index in [-0.39, 0.29) is 5.57 Å². The molecule has 0 bridgehead atoms. The van der Waals surface area contributed by atoms with E-state index >= 15 is 0 Å². The first-order chi connectivity index (χ1) is 6.06. The Labute approximate surface area is 82.5 Å². The number of hydrogen-bond donors (Lipinski definition) is 3. The van der Waals surface area contributed by atoms with Gasteiger partial charge in [0.1, 0.15) is 0 Å². The summed E-state index contributed by atoms with van der Waals surface area (Å²) in [6, 6.07) is 0. The third kappa shape index (κ3) is 17.4. The highest BCUT2D eigenvalue weighted by molar-refractivity contribution is 7.46. The maximum absolute atomic E-state index is 9.91. The molecule has 6 nitrogen and oxygen atoms in total. The van der Waals surface area contributed by atoms with Crippen LogP contribution in [0.15, 0.2) is 12.2 Å². The first kappa shape index (κ1) is 15.8. The summed E-state index contributed by atoms with van der Waals surface area (Å²) >= 11 is 0. The van der Waals surface area contributed by atoms with Crippen LogP contribution >= 0.6 is 7.82 Å². The number of rotatable bonds is 3. The molecule has 0 fully saturated rings. The maximum atomic E-state index is 9.91. The number of aliphatic carboxylic acids is 1. The Morgan fingerprint density at radius 2 is 1.71 bits per heavy atom. The molecule has 0 heterocycles. The summed E-state index contributed by atoms with van der Waals surface area (Å²) in [6.07, 6.45) is -0.421. The zero-order chi connectivity index (χ0) is 11.9. The molecule has 0 saturated heterocycles. The molecule has 0 unspecified atom stereocenters. The van der Waals surface area contributed by atoms with E-state index in [1.54, 1.807) is 13.8 Å². The highest BCUT2D eigenvalue weighted by atomic mass is 31.2. The fourth-order valence-corrected chi connectivity index (χ4v) is 0.824. The average Bonchev–Trinajstić information content (AvgIpc) is 1.81. The minimum Gasteiger partial charge on any atom is -0.478 e. The van der Waals surface area contributed by atoms with Crippen LogP contribution in [0.25, 0.3) is 0 Å². The molecule has 0 atom stereocenters. The molecule has 0 saturated carbocycles. The van der Waals surface area contributed by atoms with Gasteiger partial charge in [0.25, 0.3) is 0 Å². The van der Waals surface area contributed by atoms with Gasteiger partial charge in [-0.1, -0.05) is 6.58 Å². The highest BCUT2D eigenvalue weighted by Crippen LogP contribution is 2.37. The van der Waals surface area contributed by atoms with Gasteiger partial charge in [-0.25, -0.2) is 9.36 Å². The third-order valence-corrected chi connectivity index (χ3v) is 1.41. The Morgan fingerprint density at radius 1 is 1.43 bits per heavy atom. The number of phosphoric acid groups is 1. The Bertz CT molecular complexity index is 229. The van der Waals surface area contributed by atoms with Crippen LogP contribution in [-0.4, -0.2) is 27.0 Å². The van der Waals surface area contributed by atoms with Gasteiger partial charge in [0, 0.05) is 5.57 Å². The van der Waals surface area contributed by atoms with Gasteiger partial charge in [-0.3, -0.25) is 4.52 Å². The Morgan fingerprint density at radius 3 is 1.71 bits per heavy atom. The Kier molecular flexibility index (Phi) is 7.58. The second kappa shape index (κ2) is 6.73. The van der Waals surface area contributed by atoms with Crippen molar-refractivity contribution in [3.05, 3.63) is 12.2 Å². The summed E-state index contributed by atoms with van der Waals surface area (Å²) in [4.78, 5) is 25.8. The molecule has 0 rings (SSSR count). The van der Waals surface area contributed by atoms with Crippen LogP contribution in [0.3, 0.4) is 0 Å². The van der Waals surface area contributed by atoms with Gasteiger partial charge in [0.15, 0.2) is 0 Å². The molecule has 14 heavy (non-hydrogen) atoms. The van der Waals surface area contributed by atoms with Crippen molar-refractivity contribution < 1.29 is 28.8 Å². The number of hydrogen-bond acceptors (Lipinski definition) is 3. The molecule has 0 aromatic heterocycles. The molecule has 0 aliphatic carbocycles. The molecular formula is C7H15O6P. The first-order valence-corrected chi connectivity index (χ1v) is 5.22. The lowest BCUT2D eigenvalue weighted by Gasteiger charge is -2.06. The predicted molar refractivity (Wildman–Crippen MR) is 50.7 cm³/mol.